The van der Waals surface area contributed by atoms with Crippen molar-refractivity contribution >= 4 is 5.69 Å². The van der Waals surface area contributed by atoms with Gasteiger partial charge in [0.2, 0.25) is 0 Å². The van der Waals surface area contributed by atoms with Gasteiger partial charge in [0, 0.05) is 12.2 Å². The van der Waals surface area contributed by atoms with Gasteiger partial charge in [-0.2, -0.15) is 0 Å². The Morgan fingerprint density at radius 3 is 2.92 bits per heavy atom. The van der Waals surface area contributed by atoms with E-state index in [0.29, 0.717) is 18.8 Å². The summed E-state index contributed by atoms with van der Waals surface area (Å²) in [4.78, 5) is 0. The van der Waals surface area contributed by atoms with E-state index in [9.17, 15) is 4.39 Å². The SMILES string of the molecule is CCCOCc1cccc(N)c1F. The van der Waals surface area contributed by atoms with Crippen LogP contribution < -0.4 is 5.73 Å². The summed E-state index contributed by atoms with van der Waals surface area (Å²) in [5.41, 5.74) is 6.09. The van der Waals surface area contributed by atoms with Crippen LogP contribution in [0.25, 0.3) is 0 Å². The van der Waals surface area contributed by atoms with E-state index in [-0.39, 0.29) is 11.5 Å². The molecule has 0 radical (unpaired) electrons. The molecule has 0 spiro atoms. The monoisotopic (exact) mass is 183 g/mol. The number of benzene rings is 1. The molecule has 0 saturated carbocycles. The number of halogens is 1. The van der Waals surface area contributed by atoms with Crippen LogP contribution in [0.15, 0.2) is 18.2 Å². The topological polar surface area (TPSA) is 35.2 Å². The molecular weight excluding hydrogens is 169 g/mol. The fourth-order valence-electron chi connectivity index (χ4n) is 1.04. The Labute approximate surface area is 77.5 Å². The number of nitrogens with two attached hydrogens (primary N) is 1. The standard InChI is InChI=1S/C10H14FNO/c1-2-6-13-7-8-4-3-5-9(12)10(8)11/h3-5H,2,6-7,12H2,1H3. The number of hydrogen-bond donors (Lipinski definition) is 1. The summed E-state index contributed by atoms with van der Waals surface area (Å²) in [6, 6.07) is 4.95. The largest absolute Gasteiger partial charge is 0.396 e. The van der Waals surface area contributed by atoms with E-state index in [0.717, 1.165) is 6.42 Å². The zero-order chi connectivity index (χ0) is 9.68. The summed E-state index contributed by atoms with van der Waals surface area (Å²) in [5, 5.41) is 0. The van der Waals surface area contributed by atoms with Gasteiger partial charge in [-0.25, -0.2) is 4.39 Å². The molecule has 13 heavy (non-hydrogen) atoms. The van der Waals surface area contributed by atoms with Gasteiger partial charge in [-0.05, 0) is 12.5 Å². The number of hydrogen-bond acceptors (Lipinski definition) is 2. The second kappa shape index (κ2) is 4.82. The van der Waals surface area contributed by atoms with Crippen LogP contribution in [0.5, 0.6) is 0 Å². The molecule has 0 saturated heterocycles. The number of ether oxygens (including phenoxy) is 1. The predicted octanol–water partition coefficient (Wildman–Crippen LogP) is 2.33. The molecule has 1 rings (SSSR count). The van der Waals surface area contributed by atoms with Crippen molar-refractivity contribution in [2.45, 2.75) is 20.0 Å². The first-order valence-electron chi connectivity index (χ1n) is 4.36. The van der Waals surface area contributed by atoms with Gasteiger partial charge in [-0.1, -0.05) is 19.1 Å². The van der Waals surface area contributed by atoms with Crippen LogP contribution in [-0.2, 0) is 11.3 Å². The highest BCUT2D eigenvalue weighted by molar-refractivity contribution is 5.42. The van der Waals surface area contributed by atoms with Crippen molar-refractivity contribution in [3.8, 4) is 0 Å². The quantitative estimate of drug-likeness (QED) is 0.574. The Morgan fingerprint density at radius 2 is 2.23 bits per heavy atom. The fraction of sp³-hybridized carbons (Fsp3) is 0.400. The molecule has 0 aliphatic carbocycles. The van der Waals surface area contributed by atoms with E-state index in [4.69, 9.17) is 10.5 Å². The van der Waals surface area contributed by atoms with Crippen LogP contribution in [0, 0.1) is 5.82 Å². The first kappa shape index (κ1) is 9.99. The van der Waals surface area contributed by atoms with Crippen LogP contribution in [0.2, 0.25) is 0 Å². The Morgan fingerprint density at radius 1 is 1.46 bits per heavy atom. The van der Waals surface area contributed by atoms with E-state index in [1.165, 1.54) is 0 Å². The zero-order valence-electron chi connectivity index (χ0n) is 7.72. The second-order valence-corrected chi connectivity index (χ2v) is 2.87. The summed E-state index contributed by atoms with van der Waals surface area (Å²) in [6.07, 6.45) is 0.934. The van der Waals surface area contributed by atoms with E-state index in [1.807, 2.05) is 6.92 Å². The molecule has 0 atom stereocenters. The lowest BCUT2D eigenvalue weighted by atomic mass is 10.2. The Hall–Kier alpha value is -1.09. The lowest BCUT2D eigenvalue weighted by Gasteiger charge is -2.05. The van der Waals surface area contributed by atoms with Crippen molar-refractivity contribution in [1.82, 2.24) is 0 Å². The molecule has 2 N–H and O–H groups in total. The third kappa shape index (κ3) is 2.70. The summed E-state index contributed by atoms with van der Waals surface area (Å²) >= 11 is 0. The van der Waals surface area contributed by atoms with Crippen LogP contribution in [-0.4, -0.2) is 6.61 Å². The number of nitrogen functional groups attached to an aromatic ring is 1. The van der Waals surface area contributed by atoms with Crippen LogP contribution >= 0.6 is 0 Å². The van der Waals surface area contributed by atoms with Gasteiger partial charge in [-0.3, -0.25) is 0 Å². The fourth-order valence-corrected chi connectivity index (χ4v) is 1.04. The minimum Gasteiger partial charge on any atom is -0.396 e. The van der Waals surface area contributed by atoms with Gasteiger partial charge in [0.1, 0.15) is 0 Å². The number of anilines is 1. The summed E-state index contributed by atoms with van der Waals surface area (Å²) < 4.78 is 18.4. The van der Waals surface area contributed by atoms with Gasteiger partial charge in [0.15, 0.2) is 5.82 Å². The van der Waals surface area contributed by atoms with Gasteiger partial charge in [-0.15, -0.1) is 0 Å². The molecule has 72 valence electrons. The molecule has 1 aromatic carbocycles. The van der Waals surface area contributed by atoms with E-state index < -0.39 is 0 Å². The average molecular weight is 183 g/mol. The minimum absolute atomic E-state index is 0.178. The third-order valence-corrected chi connectivity index (χ3v) is 1.71. The van der Waals surface area contributed by atoms with Crippen molar-refractivity contribution in [1.29, 1.82) is 0 Å². The minimum atomic E-state index is -0.362. The maximum atomic E-state index is 13.2. The molecule has 0 aromatic heterocycles. The molecule has 3 heteroatoms. The van der Waals surface area contributed by atoms with E-state index in [1.54, 1.807) is 18.2 Å². The molecule has 0 unspecified atom stereocenters. The highest BCUT2D eigenvalue weighted by Gasteiger charge is 2.04. The molecule has 0 heterocycles. The zero-order valence-corrected chi connectivity index (χ0v) is 7.72. The highest BCUT2D eigenvalue weighted by Crippen LogP contribution is 2.15. The van der Waals surface area contributed by atoms with Crippen LogP contribution in [0.1, 0.15) is 18.9 Å². The van der Waals surface area contributed by atoms with Crippen molar-refractivity contribution in [2.24, 2.45) is 0 Å². The average Bonchev–Trinajstić information content (AvgIpc) is 2.13. The first-order chi connectivity index (χ1) is 6.25. The van der Waals surface area contributed by atoms with Crippen LogP contribution in [0.3, 0.4) is 0 Å². The van der Waals surface area contributed by atoms with E-state index >= 15 is 0 Å². The van der Waals surface area contributed by atoms with Crippen molar-refractivity contribution in [3.63, 3.8) is 0 Å². The molecule has 0 fully saturated rings. The molecule has 0 aliphatic heterocycles. The van der Waals surface area contributed by atoms with E-state index in [2.05, 4.69) is 0 Å². The van der Waals surface area contributed by atoms with Gasteiger partial charge in [0.05, 0.1) is 12.3 Å². The summed E-state index contributed by atoms with van der Waals surface area (Å²) in [7, 11) is 0. The smallest absolute Gasteiger partial charge is 0.151 e. The predicted molar refractivity (Wildman–Crippen MR) is 50.8 cm³/mol. The number of rotatable bonds is 4. The Kier molecular flexibility index (Phi) is 3.71. The van der Waals surface area contributed by atoms with Crippen molar-refractivity contribution < 1.29 is 9.13 Å². The first-order valence-corrected chi connectivity index (χ1v) is 4.36. The Balaban J connectivity index is 2.61. The lowest BCUT2D eigenvalue weighted by molar-refractivity contribution is 0.119. The summed E-state index contributed by atoms with van der Waals surface area (Å²) in [5.74, 6) is -0.362. The molecule has 0 amide bonds. The van der Waals surface area contributed by atoms with Gasteiger partial charge in [0.25, 0.3) is 0 Å². The van der Waals surface area contributed by atoms with Gasteiger partial charge < -0.3 is 10.5 Å². The molecular formula is C10H14FNO. The summed E-state index contributed by atoms with van der Waals surface area (Å²) in [6.45, 7) is 2.95. The third-order valence-electron chi connectivity index (χ3n) is 1.71. The van der Waals surface area contributed by atoms with Crippen molar-refractivity contribution in [3.05, 3.63) is 29.6 Å². The normalized spacial score (nSPS) is 10.3. The maximum absolute atomic E-state index is 13.2. The highest BCUT2D eigenvalue weighted by atomic mass is 19.1. The molecule has 1 aromatic rings. The Bertz CT molecular complexity index is 276. The maximum Gasteiger partial charge on any atom is 0.151 e. The van der Waals surface area contributed by atoms with Crippen molar-refractivity contribution in [2.75, 3.05) is 12.3 Å². The second-order valence-electron chi connectivity index (χ2n) is 2.87. The molecule has 0 bridgehead atoms. The molecule has 2 nitrogen and oxygen atoms in total. The van der Waals surface area contributed by atoms with Gasteiger partial charge >= 0.3 is 0 Å². The molecule has 0 aliphatic rings. The van der Waals surface area contributed by atoms with Crippen LogP contribution in [0.4, 0.5) is 10.1 Å². The lowest BCUT2D eigenvalue weighted by Crippen LogP contribution is -2.00.